The van der Waals surface area contributed by atoms with E-state index in [4.69, 9.17) is 0 Å². The third-order valence-electron chi connectivity index (χ3n) is 4.66. The molecule has 1 amide bonds. The normalized spacial score (nSPS) is 14.9. The van der Waals surface area contributed by atoms with Crippen molar-refractivity contribution in [1.82, 2.24) is 20.2 Å². The number of likely N-dealkylation sites (tertiary alicyclic amines) is 1. The van der Waals surface area contributed by atoms with Gasteiger partial charge in [0.05, 0.1) is 5.56 Å². The predicted octanol–water partition coefficient (Wildman–Crippen LogP) is 1.34. The smallest absolute Gasteiger partial charge is 0.325 e. The van der Waals surface area contributed by atoms with E-state index in [1.165, 1.54) is 38.5 Å². The Morgan fingerprint density at radius 2 is 1.81 bits per heavy atom. The molecule has 138 valence electrons. The summed E-state index contributed by atoms with van der Waals surface area (Å²) < 4.78 is 0. The SMILES string of the molecule is O=C(NCCCN1CCCCC1)c1ccc(-c2c[nH]c(=O)[nH]c2=O)cc1. The minimum absolute atomic E-state index is 0.120. The number of piperidine rings is 1. The number of nitrogens with zero attached hydrogens (tertiary/aromatic N) is 1. The van der Waals surface area contributed by atoms with Crippen LogP contribution >= 0.6 is 0 Å². The molecule has 7 nitrogen and oxygen atoms in total. The number of hydrogen-bond donors (Lipinski definition) is 3. The molecule has 1 aromatic carbocycles. The number of H-pyrrole nitrogens is 2. The summed E-state index contributed by atoms with van der Waals surface area (Å²) in [5, 5.41) is 2.94. The van der Waals surface area contributed by atoms with E-state index in [1.807, 2.05) is 0 Å². The summed E-state index contributed by atoms with van der Waals surface area (Å²) in [7, 11) is 0. The molecule has 1 aliphatic rings. The predicted molar refractivity (Wildman–Crippen MR) is 100 cm³/mol. The first-order valence-electron chi connectivity index (χ1n) is 9.06. The summed E-state index contributed by atoms with van der Waals surface area (Å²) in [6.45, 7) is 4.00. The summed E-state index contributed by atoms with van der Waals surface area (Å²) in [5.74, 6) is -0.120. The van der Waals surface area contributed by atoms with Gasteiger partial charge in [0.25, 0.3) is 11.5 Å². The van der Waals surface area contributed by atoms with Gasteiger partial charge in [-0.3, -0.25) is 14.6 Å². The van der Waals surface area contributed by atoms with Crippen molar-refractivity contribution < 1.29 is 4.79 Å². The Morgan fingerprint density at radius 1 is 1.08 bits per heavy atom. The van der Waals surface area contributed by atoms with Crippen molar-refractivity contribution in [3.63, 3.8) is 0 Å². The lowest BCUT2D eigenvalue weighted by molar-refractivity contribution is 0.0951. The largest absolute Gasteiger partial charge is 0.352 e. The summed E-state index contributed by atoms with van der Waals surface area (Å²) in [6, 6.07) is 6.76. The van der Waals surface area contributed by atoms with E-state index in [-0.39, 0.29) is 5.91 Å². The lowest BCUT2D eigenvalue weighted by atomic mass is 10.1. The van der Waals surface area contributed by atoms with Crippen LogP contribution in [0.15, 0.2) is 40.1 Å². The van der Waals surface area contributed by atoms with Gasteiger partial charge in [0, 0.05) is 18.3 Å². The molecule has 7 heteroatoms. The molecule has 2 heterocycles. The molecular formula is C19H24N4O3. The van der Waals surface area contributed by atoms with Gasteiger partial charge in [-0.05, 0) is 56.6 Å². The monoisotopic (exact) mass is 356 g/mol. The van der Waals surface area contributed by atoms with E-state index >= 15 is 0 Å². The highest BCUT2D eigenvalue weighted by molar-refractivity contribution is 5.94. The molecule has 0 radical (unpaired) electrons. The zero-order chi connectivity index (χ0) is 18.4. The summed E-state index contributed by atoms with van der Waals surface area (Å²) in [4.78, 5) is 42.2. The van der Waals surface area contributed by atoms with Gasteiger partial charge in [-0.1, -0.05) is 18.6 Å². The van der Waals surface area contributed by atoms with Crippen molar-refractivity contribution >= 4 is 5.91 Å². The fraction of sp³-hybridized carbons (Fsp3) is 0.421. The maximum absolute atomic E-state index is 12.2. The van der Waals surface area contributed by atoms with Gasteiger partial charge in [0.2, 0.25) is 0 Å². The van der Waals surface area contributed by atoms with Crippen LogP contribution in [0.25, 0.3) is 11.1 Å². The second-order valence-corrected chi connectivity index (χ2v) is 6.57. The zero-order valence-electron chi connectivity index (χ0n) is 14.7. The van der Waals surface area contributed by atoms with E-state index in [9.17, 15) is 14.4 Å². The molecule has 1 saturated heterocycles. The van der Waals surface area contributed by atoms with Crippen molar-refractivity contribution in [2.24, 2.45) is 0 Å². The lowest BCUT2D eigenvalue weighted by Gasteiger charge is -2.26. The number of hydrogen-bond acceptors (Lipinski definition) is 4. The van der Waals surface area contributed by atoms with Crippen molar-refractivity contribution in [2.75, 3.05) is 26.2 Å². The van der Waals surface area contributed by atoms with Crippen molar-refractivity contribution in [3.8, 4) is 11.1 Å². The summed E-state index contributed by atoms with van der Waals surface area (Å²) in [5.41, 5.74) is 0.553. The third kappa shape index (κ3) is 4.70. The van der Waals surface area contributed by atoms with Gasteiger partial charge in [-0.2, -0.15) is 0 Å². The lowest BCUT2D eigenvalue weighted by Crippen LogP contribution is -2.33. The number of rotatable bonds is 6. The molecule has 0 saturated carbocycles. The van der Waals surface area contributed by atoms with Gasteiger partial charge >= 0.3 is 5.69 Å². The second kappa shape index (κ2) is 8.62. The van der Waals surface area contributed by atoms with Crippen LogP contribution < -0.4 is 16.6 Å². The van der Waals surface area contributed by atoms with E-state index < -0.39 is 11.2 Å². The van der Waals surface area contributed by atoms with E-state index in [0.717, 1.165) is 13.0 Å². The van der Waals surface area contributed by atoms with Crippen LogP contribution in [0.1, 0.15) is 36.0 Å². The molecule has 0 spiro atoms. The topological polar surface area (TPSA) is 98.1 Å². The van der Waals surface area contributed by atoms with Crippen molar-refractivity contribution in [1.29, 1.82) is 0 Å². The third-order valence-corrected chi connectivity index (χ3v) is 4.66. The molecule has 3 N–H and O–H groups in total. The zero-order valence-corrected chi connectivity index (χ0v) is 14.7. The Kier molecular flexibility index (Phi) is 6.01. The van der Waals surface area contributed by atoms with E-state index in [1.54, 1.807) is 24.3 Å². The summed E-state index contributed by atoms with van der Waals surface area (Å²) >= 11 is 0. The molecule has 1 fully saturated rings. The highest BCUT2D eigenvalue weighted by atomic mass is 16.2. The standard InChI is InChI=1S/C19H24N4O3/c24-17(20-9-4-12-23-10-2-1-3-11-23)15-7-5-14(6-8-15)16-13-21-19(26)22-18(16)25/h5-8,13H,1-4,9-12H2,(H,20,24)(H2,21,22,25,26). The Balaban J connectivity index is 1.52. The molecule has 1 aliphatic heterocycles. The first-order chi connectivity index (χ1) is 12.6. The number of aromatic nitrogens is 2. The Morgan fingerprint density at radius 3 is 2.50 bits per heavy atom. The minimum Gasteiger partial charge on any atom is -0.352 e. The van der Waals surface area contributed by atoms with Gasteiger partial charge in [0.1, 0.15) is 0 Å². The first kappa shape index (κ1) is 18.1. The van der Waals surface area contributed by atoms with Crippen LogP contribution in [-0.4, -0.2) is 47.0 Å². The van der Waals surface area contributed by atoms with Crippen LogP contribution in [0.3, 0.4) is 0 Å². The van der Waals surface area contributed by atoms with Crippen LogP contribution in [0, 0.1) is 0 Å². The number of aromatic amines is 2. The fourth-order valence-electron chi connectivity index (χ4n) is 3.22. The highest BCUT2D eigenvalue weighted by Gasteiger charge is 2.10. The molecule has 26 heavy (non-hydrogen) atoms. The molecule has 0 aliphatic carbocycles. The maximum atomic E-state index is 12.2. The Bertz CT molecular complexity index is 848. The number of amides is 1. The average molecular weight is 356 g/mol. The molecule has 0 bridgehead atoms. The molecule has 3 rings (SSSR count). The second-order valence-electron chi connectivity index (χ2n) is 6.57. The van der Waals surface area contributed by atoms with E-state index in [2.05, 4.69) is 20.2 Å². The summed E-state index contributed by atoms with van der Waals surface area (Å²) in [6.07, 6.45) is 6.19. The van der Waals surface area contributed by atoms with Gasteiger partial charge in [0.15, 0.2) is 0 Å². The molecule has 0 atom stereocenters. The number of carbonyl (C=O) groups is 1. The van der Waals surface area contributed by atoms with Gasteiger partial charge in [-0.15, -0.1) is 0 Å². The van der Waals surface area contributed by atoms with Crippen LogP contribution in [0.5, 0.6) is 0 Å². The number of carbonyl (C=O) groups excluding carboxylic acids is 1. The van der Waals surface area contributed by atoms with Crippen LogP contribution in [-0.2, 0) is 0 Å². The fourth-order valence-corrected chi connectivity index (χ4v) is 3.22. The van der Waals surface area contributed by atoms with Crippen LogP contribution in [0.4, 0.5) is 0 Å². The Hall–Kier alpha value is -2.67. The molecule has 2 aromatic rings. The highest BCUT2D eigenvalue weighted by Crippen LogP contribution is 2.14. The molecule has 1 aromatic heterocycles. The first-order valence-corrected chi connectivity index (χ1v) is 9.06. The van der Waals surface area contributed by atoms with Crippen molar-refractivity contribution in [3.05, 3.63) is 56.9 Å². The van der Waals surface area contributed by atoms with Gasteiger partial charge < -0.3 is 15.2 Å². The number of benzene rings is 1. The maximum Gasteiger partial charge on any atom is 0.325 e. The molecular weight excluding hydrogens is 332 g/mol. The number of nitrogens with one attached hydrogen (secondary N) is 3. The minimum atomic E-state index is -0.542. The Labute approximate surface area is 151 Å². The van der Waals surface area contributed by atoms with E-state index in [0.29, 0.717) is 23.2 Å². The quantitative estimate of drug-likeness (QED) is 0.680. The average Bonchev–Trinajstić information content (AvgIpc) is 2.66. The van der Waals surface area contributed by atoms with Gasteiger partial charge in [-0.25, -0.2) is 4.79 Å². The molecule has 0 unspecified atom stereocenters. The van der Waals surface area contributed by atoms with Crippen LogP contribution in [0.2, 0.25) is 0 Å². The van der Waals surface area contributed by atoms with Crippen molar-refractivity contribution in [2.45, 2.75) is 25.7 Å².